The van der Waals surface area contributed by atoms with Crippen molar-refractivity contribution < 1.29 is 4.74 Å². The molecule has 4 nitrogen and oxygen atoms in total. The van der Waals surface area contributed by atoms with E-state index in [0.29, 0.717) is 6.54 Å². The van der Waals surface area contributed by atoms with Crippen molar-refractivity contribution in [3.63, 3.8) is 0 Å². The number of aromatic nitrogens is 1. The van der Waals surface area contributed by atoms with Crippen LogP contribution in [0.4, 0.5) is 5.69 Å². The quantitative estimate of drug-likeness (QED) is 0.834. The minimum atomic E-state index is 0. The fraction of sp³-hybridized carbons (Fsp3) is 0.308. The highest BCUT2D eigenvalue weighted by atomic mass is 35.5. The van der Waals surface area contributed by atoms with E-state index < -0.39 is 0 Å². The second-order valence-corrected chi connectivity index (χ2v) is 3.82. The molecule has 0 aliphatic rings. The van der Waals surface area contributed by atoms with Crippen molar-refractivity contribution in [2.75, 3.05) is 25.5 Å². The van der Waals surface area contributed by atoms with Gasteiger partial charge in [0.05, 0.1) is 18.3 Å². The SMILES string of the molecule is COc1cc(NCCCN)c2ncccc2c1.Cl.Cl. The maximum Gasteiger partial charge on any atom is 0.121 e. The number of anilines is 1. The molecule has 1 heterocycles. The number of pyridine rings is 1. The molecule has 1 aromatic heterocycles. The summed E-state index contributed by atoms with van der Waals surface area (Å²) >= 11 is 0. The second-order valence-electron chi connectivity index (χ2n) is 3.82. The van der Waals surface area contributed by atoms with Crippen LogP contribution < -0.4 is 15.8 Å². The molecule has 0 bridgehead atoms. The van der Waals surface area contributed by atoms with Gasteiger partial charge in [-0.3, -0.25) is 4.98 Å². The highest BCUT2D eigenvalue weighted by Crippen LogP contribution is 2.27. The fourth-order valence-electron chi connectivity index (χ4n) is 1.74. The largest absolute Gasteiger partial charge is 0.497 e. The maximum atomic E-state index is 5.48. The van der Waals surface area contributed by atoms with Crippen LogP contribution in [0.5, 0.6) is 5.75 Å². The van der Waals surface area contributed by atoms with Gasteiger partial charge in [-0.2, -0.15) is 0 Å². The third-order valence-electron chi connectivity index (χ3n) is 2.61. The number of ether oxygens (including phenoxy) is 1. The standard InChI is InChI=1S/C13H17N3O.2ClH/c1-17-11-8-10-4-2-6-16-13(10)12(9-11)15-7-3-5-14;;/h2,4,6,8-9,15H,3,5,7,14H2,1H3;2*1H. The number of hydrogen-bond acceptors (Lipinski definition) is 4. The Bertz CT molecular complexity index is 508. The smallest absolute Gasteiger partial charge is 0.121 e. The molecule has 0 atom stereocenters. The Labute approximate surface area is 125 Å². The van der Waals surface area contributed by atoms with Gasteiger partial charge in [0, 0.05) is 24.2 Å². The van der Waals surface area contributed by atoms with Crippen LogP contribution >= 0.6 is 24.8 Å². The van der Waals surface area contributed by atoms with E-state index in [-0.39, 0.29) is 24.8 Å². The monoisotopic (exact) mass is 303 g/mol. The van der Waals surface area contributed by atoms with Crippen molar-refractivity contribution in [2.24, 2.45) is 5.73 Å². The Morgan fingerprint density at radius 2 is 2.11 bits per heavy atom. The van der Waals surface area contributed by atoms with E-state index in [1.807, 2.05) is 24.3 Å². The molecule has 0 spiro atoms. The van der Waals surface area contributed by atoms with Gasteiger partial charge < -0.3 is 15.8 Å². The zero-order valence-corrected chi connectivity index (χ0v) is 12.4. The molecular weight excluding hydrogens is 285 g/mol. The lowest BCUT2D eigenvalue weighted by Gasteiger charge is -2.10. The number of hydrogen-bond donors (Lipinski definition) is 2. The molecule has 0 aliphatic heterocycles. The Balaban J connectivity index is 0.00000162. The molecule has 6 heteroatoms. The number of methoxy groups -OCH3 is 1. The van der Waals surface area contributed by atoms with Gasteiger partial charge in [0.1, 0.15) is 5.75 Å². The molecule has 0 radical (unpaired) electrons. The van der Waals surface area contributed by atoms with E-state index in [4.69, 9.17) is 10.5 Å². The summed E-state index contributed by atoms with van der Waals surface area (Å²) in [6, 6.07) is 7.90. The number of fused-ring (bicyclic) bond motifs is 1. The van der Waals surface area contributed by atoms with Crippen molar-refractivity contribution in [3.05, 3.63) is 30.5 Å². The maximum absolute atomic E-state index is 5.48. The van der Waals surface area contributed by atoms with Crippen molar-refractivity contribution in [3.8, 4) is 5.75 Å². The normalized spacial score (nSPS) is 9.37. The molecule has 0 amide bonds. The number of nitrogens with two attached hydrogens (primary N) is 1. The van der Waals surface area contributed by atoms with Gasteiger partial charge in [-0.1, -0.05) is 6.07 Å². The van der Waals surface area contributed by atoms with Gasteiger partial charge in [-0.15, -0.1) is 24.8 Å². The summed E-state index contributed by atoms with van der Waals surface area (Å²) < 4.78 is 5.28. The molecule has 0 saturated carbocycles. The predicted octanol–water partition coefficient (Wildman–Crippen LogP) is 2.85. The Morgan fingerprint density at radius 1 is 1.32 bits per heavy atom. The van der Waals surface area contributed by atoms with Crippen LogP contribution in [0.2, 0.25) is 0 Å². The summed E-state index contributed by atoms with van der Waals surface area (Å²) in [5.41, 5.74) is 7.44. The van der Waals surface area contributed by atoms with Crippen LogP contribution in [-0.2, 0) is 0 Å². The van der Waals surface area contributed by atoms with Crippen LogP contribution in [-0.4, -0.2) is 25.2 Å². The summed E-state index contributed by atoms with van der Waals surface area (Å²) in [7, 11) is 1.67. The first-order chi connectivity index (χ1) is 8.35. The van der Waals surface area contributed by atoms with E-state index in [1.165, 1.54) is 0 Å². The predicted molar refractivity (Wildman–Crippen MR) is 85.0 cm³/mol. The summed E-state index contributed by atoms with van der Waals surface area (Å²) in [4.78, 5) is 4.39. The minimum Gasteiger partial charge on any atom is -0.497 e. The van der Waals surface area contributed by atoms with Gasteiger partial charge in [0.25, 0.3) is 0 Å². The first-order valence-electron chi connectivity index (χ1n) is 5.72. The highest BCUT2D eigenvalue weighted by molar-refractivity contribution is 5.91. The zero-order chi connectivity index (χ0) is 12.1. The van der Waals surface area contributed by atoms with Crippen LogP contribution in [0.15, 0.2) is 30.5 Å². The lowest BCUT2D eigenvalue weighted by molar-refractivity contribution is 0.415. The topological polar surface area (TPSA) is 60.2 Å². The van der Waals surface area contributed by atoms with Crippen molar-refractivity contribution >= 4 is 41.4 Å². The molecule has 2 aromatic rings. The van der Waals surface area contributed by atoms with Gasteiger partial charge in [0.15, 0.2) is 0 Å². The molecule has 0 unspecified atom stereocenters. The lowest BCUT2D eigenvalue weighted by Crippen LogP contribution is -2.09. The first-order valence-corrected chi connectivity index (χ1v) is 5.72. The number of halogens is 2. The molecule has 0 saturated heterocycles. The van der Waals surface area contributed by atoms with E-state index >= 15 is 0 Å². The number of benzene rings is 1. The van der Waals surface area contributed by atoms with Gasteiger partial charge in [0.2, 0.25) is 0 Å². The van der Waals surface area contributed by atoms with Crippen molar-refractivity contribution in [1.82, 2.24) is 4.98 Å². The molecule has 3 N–H and O–H groups in total. The summed E-state index contributed by atoms with van der Waals surface area (Å²) in [6.07, 6.45) is 2.73. The van der Waals surface area contributed by atoms with Crippen molar-refractivity contribution in [1.29, 1.82) is 0 Å². The van der Waals surface area contributed by atoms with E-state index in [1.54, 1.807) is 13.3 Å². The Hall–Kier alpha value is -1.23. The molecule has 0 fully saturated rings. The Morgan fingerprint density at radius 3 is 2.79 bits per heavy atom. The number of nitrogens with zero attached hydrogens (tertiary/aromatic N) is 1. The summed E-state index contributed by atoms with van der Waals surface area (Å²) in [6.45, 7) is 1.53. The number of nitrogens with one attached hydrogen (secondary N) is 1. The van der Waals surface area contributed by atoms with Crippen LogP contribution in [0.25, 0.3) is 10.9 Å². The molecular formula is C13H19Cl2N3O. The van der Waals surface area contributed by atoms with Crippen LogP contribution in [0.1, 0.15) is 6.42 Å². The summed E-state index contributed by atoms with van der Waals surface area (Å²) in [5, 5.41) is 4.41. The average Bonchev–Trinajstić information content (AvgIpc) is 2.38. The lowest BCUT2D eigenvalue weighted by atomic mass is 10.1. The van der Waals surface area contributed by atoms with Crippen molar-refractivity contribution in [2.45, 2.75) is 6.42 Å². The fourth-order valence-corrected chi connectivity index (χ4v) is 1.74. The number of rotatable bonds is 5. The zero-order valence-electron chi connectivity index (χ0n) is 10.8. The van der Waals surface area contributed by atoms with E-state index in [2.05, 4.69) is 10.3 Å². The third kappa shape index (κ3) is 4.42. The molecule has 0 aliphatic carbocycles. The van der Waals surface area contributed by atoms with E-state index in [0.717, 1.165) is 35.3 Å². The Kier molecular flexibility index (Phi) is 8.23. The van der Waals surface area contributed by atoms with Crippen LogP contribution in [0, 0.1) is 0 Å². The van der Waals surface area contributed by atoms with Gasteiger partial charge in [-0.05, 0) is 25.1 Å². The molecule has 2 rings (SSSR count). The second kappa shape index (κ2) is 8.80. The molecule has 19 heavy (non-hydrogen) atoms. The van der Waals surface area contributed by atoms with Crippen LogP contribution in [0.3, 0.4) is 0 Å². The van der Waals surface area contributed by atoms with Gasteiger partial charge >= 0.3 is 0 Å². The third-order valence-corrected chi connectivity index (χ3v) is 2.61. The highest BCUT2D eigenvalue weighted by Gasteiger charge is 2.04. The molecule has 106 valence electrons. The minimum absolute atomic E-state index is 0. The van der Waals surface area contributed by atoms with Gasteiger partial charge in [-0.25, -0.2) is 0 Å². The van der Waals surface area contributed by atoms with E-state index in [9.17, 15) is 0 Å². The molecule has 1 aromatic carbocycles. The average molecular weight is 304 g/mol. The summed E-state index contributed by atoms with van der Waals surface area (Å²) in [5.74, 6) is 0.834. The first kappa shape index (κ1) is 17.8.